The molecule has 98 heavy (non-hydrogen) atoms. The second-order valence-electron chi connectivity index (χ2n) is 23.5. The number of rotatable bonds is 34. The van der Waals surface area contributed by atoms with E-state index in [4.69, 9.17) is 23.7 Å². The zero-order valence-corrected chi connectivity index (χ0v) is 53.5. The fraction of sp³-hybridized carbons (Fsp3) is 0.420. The van der Waals surface area contributed by atoms with Gasteiger partial charge in [0.1, 0.15) is 36.2 Å². The van der Waals surface area contributed by atoms with Crippen molar-refractivity contribution in [1.82, 2.24) is 51.7 Å². The minimum Gasteiger partial charge on any atom is -0.494 e. The number of alkyl carbamates (subject to hydrolysis) is 1. The molecule has 2 aliphatic heterocycles. The Hall–Kier alpha value is -10.5. The number of aromatic nitrogens is 2. The minimum atomic E-state index is -3.21. The first-order valence-corrected chi connectivity index (χ1v) is 32.1. The molecule has 0 spiro atoms. The summed E-state index contributed by atoms with van der Waals surface area (Å²) in [4.78, 5) is 115. The normalized spacial score (nSPS) is 16.0. The summed E-state index contributed by atoms with van der Waals surface area (Å²) < 4.78 is 84.5. The van der Waals surface area contributed by atoms with Crippen molar-refractivity contribution in [1.29, 1.82) is 10.5 Å². The Bertz CT molecular complexity index is 3920. The van der Waals surface area contributed by atoms with Gasteiger partial charge in [0.15, 0.2) is 0 Å². The Morgan fingerprint density at radius 1 is 0.561 bits per heavy atom. The highest BCUT2D eigenvalue weighted by Crippen LogP contribution is 2.44. The number of carbonyl (C=O) groups is 8. The maximum absolute atomic E-state index is 14.0. The van der Waals surface area contributed by atoms with Gasteiger partial charge in [0.25, 0.3) is 23.7 Å². The molecule has 3 atom stereocenters. The highest BCUT2D eigenvalue weighted by Gasteiger charge is 2.48. The number of hydrogen-bond acceptors (Lipinski definition) is 17. The van der Waals surface area contributed by atoms with Gasteiger partial charge in [-0.05, 0) is 103 Å². The number of ether oxygens (including phenoxy) is 5. The van der Waals surface area contributed by atoms with Crippen molar-refractivity contribution in [3.05, 3.63) is 132 Å². The molecule has 29 heteroatoms. The highest BCUT2D eigenvalue weighted by atomic mass is 19.3. The fourth-order valence-electron chi connectivity index (χ4n) is 11.6. The van der Waals surface area contributed by atoms with Crippen LogP contribution in [-0.4, -0.2) is 189 Å². The van der Waals surface area contributed by atoms with Crippen LogP contribution >= 0.6 is 0 Å². The molecule has 6 N–H and O–H groups in total. The van der Waals surface area contributed by atoms with Crippen LogP contribution in [0.1, 0.15) is 95.5 Å². The number of carbonyl (C=O) groups excluding carboxylic acids is 8. The summed E-state index contributed by atoms with van der Waals surface area (Å²) in [5.41, 5.74) is 5.62. The van der Waals surface area contributed by atoms with Crippen molar-refractivity contribution >= 4 is 69.2 Å². The maximum Gasteiger partial charge on any atom is 0.407 e. The van der Waals surface area contributed by atoms with Crippen LogP contribution in [0, 0.1) is 22.7 Å². The Labute approximate surface area is 561 Å². The van der Waals surface area contributed by atoms with E-state index in [-0.39, 0.29) is 108 Å². The third-order valence-corrected chi connectivity index (χ3v) is 16.5. The number of alkyl halides is 4. The summed E-state index contributed by atoms with van der Waals surface area (Å²) in [5, 5.41) is 35.3. The highest BCUT2D eigenvalue weighted by molar-refractivity contribution is 6.08. The Kier molecular flexibility index (Phi) is 25.2. The number of hydrogen-bond donors (Lipinski definition) is 6. The first-order chi connectivity index (χ1) is 47.3. The van der Waals surface area contributed by atoms with Gasteiger partial charge >= 0.3 is 6.09 Å². The third kappa shape index (κ3) is 19.8. The predicted molar refractivity (Wildman–Crippen MR) is 345 cm³/mol. The second kappa shape index (κ2) is 34.4. The number of fused-ring (bicyclic) bond motifs is 5. The van der Waals surface area contributed by atoms with Crippen molar-refractivity contribution < 1.29 is 79.6 Å². The number of nitrogens with one attached hydrogen (secondary N) is 6. The first-order valence-electron chi connectivity index (χ1n) is 32.1. The lowest BCUT2D eigenvalue weighted by Crippen LogP contribution is -2.47. The van der Waals surface area contributed by atoms with Crippen LogP contribution in [0.3, 0.4) is 0 Å². The van der Waals surface area contributed by atoms with Crippen LogP contribution in [0.4, 0.5) is 22.4 Å². The van der Waals surface area contributed by atoms with Gasteiger partial charge in [-0.3, -0.25) is 43.5 Å². The van der Waals surface area contributed by atoms with Crippen LogP contribution < -0.4 is 41.4 Å². The van der Waals surface area contributed by atoms with Crippen LogP contribution in [-0.2, 0) is 38.2 Å². The van der Waals surface area contributed by atoms with Gasteiger partial charge in [0.05, 0.1) is 100 Å². The first kappa shape index (κ1) is 71.8. The number of nitriles is 2. The molecule has 2 fully saturated rings. The number of benzene rings is 4. The van der Waals surface area contributed by atoms with Gasteiger partial charge in [-0.15, -0.1) is 0 Å². The predicted octanol–water partition coefficient (Wildman–Crippen LogP) is 6.24. The van der Waals surface area contributed by atoms with E-state index >= 15 is 0 Å². The maximum atomic E-state index is 14.0. The summed E-state index contributed by atoms with van der Waals surface area (Å²) >= 11 is 0. The van der Waals surface area contributed by atoms with E-state index in [1.165, 1.54) is 24.5 Å². The SMILES string of the molecule is N#CC1CC(F)(F)CN1C(=O)CNC(=O)c1ccnc2ccc(OCCCCNC(=O)CC[C@H](NC(=O)CCOCCOCCNC(=O)OCC3c4ccccc4-c4ccccc43)C(=O)NCCCCOc3ccc4nccc(C(=O)NCC(=O)N5CC(F)(F)CC5C#N)c4c3)cc12. The number of pyridine rings is 2. The molecule has 1 aliphatic carbocycles. The molecule has 4 aromatic carbocycles. The molecular weight excluding hydrogens is 1280 g/mol. The smallest absolute Gasteiger partial charge is 0.407 e. The molecule has 4 heterocycles. The van der Waals surface area contributed by atoms with Gasteiger partial charge in [0, 0.05) is 74.4 Å². The minimum absolute atomic E-state index is 0.0103. The average Bonchev–Trinajstić information content (AvgIpc) is 1.59. The number of likely N-dealkylation sites (tertiary alicyclic amines) is 2. The third-order valence-electron chi connectivity index (χ3n) is 16.5. The lowest BCUT2D eigenvalue weighted by Gasteiger charge is -2.19. The van der Waals surface area contributed by atoms with Crippen molar-refractivity contribution in [3.63, 3.8) is 0 Å². The molecule has 9 rings (SSSR count). The van der Waals surface area contributed by atoms with E-state index in [9.17, 15) is 66.4 Å². The van der Waals surface area contributed by atoms with Crippen LogP contribution in [0.15, 0.2) is 109 Å². The topological polar surface area (TPSA) is 335 Å². The van der Waals surface area contributed by atoms with Gasteiger partial charge in [-0.25, -0.2) is 22.4 Å². The van der Waals surface area contributed by atoms with Crippen molar-refractivity contribution in [3.8, 4) is 34.8 Å². The van der Waals surface area contributed by atoms with E-state index in [0.717, 1.165) is 32.1 Å². The Balaban J connectivity index is 0.690. The molecule has 25 nitrogen and oxygen atoms in total. The van der Waals surface area contributed by atoms with Gasteiger partial charge in [0.2, 0.25) is 29.5 Å². The molecule has 0 saturated carbocycles. The Morgan fingerprint density at radius 2 is 1.07 bits per heavy atom. The molecule has 516 valence electrons. The summed E-state index contributed by atoms with van der Waals surface area (Å²) in [6.07, 6.45) is 2.25. The van der Waals surface area contributed by atoms with E-state index in [2.05, 4.69) is 54.0 Å². The zero-order valence-electron chi connectivity index (χ0n) is 53.5. The molecule has 0 bridgehead atoms. The van der Waals surface area contributed by atoms with Crippen LogP contribution in [0.2, 0.25) is 0 Å². The summed E-state index contributed by atoms with van der Waals surface area (Å²) in [6.45, 7) is -1.39. The fourth-order valence-corrected chi connectivity index (χ4v) is 11.6. The van der Waals surface area contributed by atoms with E-state index in [0.29, 0.717) is 59.0 Å². The van der Waals surface area contributed by atoms with Crippen molar-refractivity contribution in [2.45, 2.75) is 93.7 Å². The number of nitrogens with zero attached hydrogens (tertiary/aromatic N) is 6. The van der Waals surface area contributed by atoms with E-state index < -0.39 is 111 Å². The molecule has 3 aliphatic rings. The van der Waals surface area contributed by atoms with Gasteiger partial charge in [-0.1, -0.05) is 48.5 Å². The lowest BCUT2D eigenvalue weighted by atomic mass is 9.98. The molecule has 2 aromatic heterocycles. The summed E-state index contributed by atoms with van der Waals surface area (Å²) in [7, 11) is 0. The van der Waals surface area contributed by atoms with E-state index in [1.54, 1.807) is 48.5 Å². The number of halogens is 4. The molecule has 6 aromatic rings. The van der Waals surface area contributed by atoms with E-state index in [1.807, 2.05) is 36.4 Å². The lowest BCUT2D eigenvalue weighted by molar-refractivity contribution is -0.132. The second-order valence-corrected chi connectivity index (χ2v) is 23.5. The standard InChI is InChI=1S/C69H74F4N12O13/c70-68(71)35-44(37-74)84(42-68)62(88)39-81-64(90)52-19-24-76-57-15-13-46(33-54(52)57)96-27-7-5-22-78-60(86)18-17-59(83-61(87)21-29-94-31-32-95-30-26-80-67(93)98-41-56-50-11-3-1-9-48(50)49-10-2-4-12-51(49)56)66(92)79-23-6-8-28-97-47-14-16-58-55(34-47)53(20-25-77-58)65(91)82-40-63(89)85-43-69(72,73)36-45(85)38-75/h1-4,9-16,19-20,24-25,33-34,44-45,56,59H,5-8,17-18,21-23,26-32,35-36,39-43H2,(H,78,86)(H,79,92)(H,80,93)(H,81,90)(H,82,91)(H,83,87)/t44?,45?,59-/m0/s1. The molecule has 8 amide bonds. The van der Waals surface area contributed by atoms with Gasteiger partial charge < -0.3 is 65.4 Å². The summed E-state index contributed by atoms with van der Waals surface area (Å²) in [5.74, 6) is -10.1. The molecule has 2 saturated heterocycles. The molecule has 2 unspecified atom stereocenters. The monoisotopic (exact) mass is 1350 g/mol. The van der Waals surface area contributed by atoms with Crippen molar-refractivity contribution in [2.75, 3.05) is 92.1 Å². The van der Waals surface area contributed by atoms with Gasteiger partial charge in [-0.2, -0.15) is 10.5 Å². The van der Waals surface area contributed by atoms with Crippen molar-refractivity contribution in [2.24, 2.45) is 0 Å². The quantitative estimate of drug-likeness (QED) is 0.0192. The zero-order chi connectivity index (χ0) is 69.6. The molecular formula is C69H74F4N12O13. The van der Waals surface area contributed by atoms with Crippen LogP contribution in [0.25, 0.3) is 32.9 Å². The van der Waals surface area contributed by atoms with Crippen LogP contribution in [0.5, 0.6) is 11.5 Å². The number of unbranched alkanes of at least 4 members (excludes halogenated alkanes) is 2. The Morgan fingerprint density at radius 3 is 1.60 bits per heavy atom. The average molecular weight is 1360 g/mol. The summed E-state index contributed by atoms with van der Waals surface area (Å²) in [6, 6.07) is 28.4. The largest absolute Gasteiger partial charge is 0.494 e. The molecule has 0 radical (unpaired) electrons. The number of amides is 8.